The SMILES string of the molecule is COCCNc1nc(C(C)S(C)(=O)=O)no1. The number of aromatic nitrogens is 2. The highest BCUT2D eigenvalue weighted by Gasteiger charge is 2.22. The summed E-state index contributed by atoms with van der Waals surface area (Å²) in [5.41, 5.74) is 0. The third kappa shape index (κ3) is 3.46. The lowest BCUT2D eigenvalue weighted by atomic mass is 10.5. The van der Waals surface area contributed by atoms with E-state index in [1.165, 1.54) is 6.92 Å². The summed E-state index contributed by atoms with van der Waals surface area (Å²) in [6, 6.07) is 0.197. The second-order valence-electron chi connectivity index (χ2n) is 3.35. The van der Waals surface area contributed by atoms with Crippen LogP contribution in [0.5, 0.6) is 0 Å². The van der Waals surface area contributed by atoms with Crippen molar-refractivity contribution >= 4 is 15.9 Å². The molecule has 0 amide bonds. The van der Waals surface area contributed by atoms with Crippen LogP contribution in [-0.4, -0.2) is 45.1 Å². The van der Waals surface area contributed by atoms with Gasteiger partial charge in [-0.2, -0.15) is 4.98 Å². The molecule has 7 nitrogen and oxygen atoms in total. The minimum atomic E-state index is -3.21. The van der Waals surface area contributed by atoms with Crippen LogP contribution >= 0.6 is 0 Å². The van der Waals surface area contributed by atoms with Crippen LogP contribution in [0.1, 0.15) is 18.0 Å². The Morgan fingerprint density at radius 3 is 2.81 bits per heavy atom. The van der Waals surface area contributed by atoms with E-state index in [-0.39, 0.29) is 11.8 Å². The molecule has 0 aliphatic rings. The van der Waals surface area contributed by atoms with Crippen LogP contribution in [-0.2, 0) is 14.6 Å². The van der Waals surface area contributed by atoms with Crippen LogP contribution < -0.4 is 5.32 Å². The van der Waals surface area contributed by atoms with E-state index in [1.54, 1.807) is 7.11 Å². The number of nitrogens with zero attached hydrogens (tertiary/aromatic N) is 2. The molecule has 0 spiro atoms. The fourth-order valence-electron chi connectivity index (χ4n) is 0.923. The Morgan fingerprint density at radius 1 is 1.56 bits per heavy atom. The summed E-state index contributed by atoms with van der Waals surface area (Å²) < 4.78 is 32.1. The highest BCUT2D eigenvalue weighted by atomic mass is 32.2. The summed E-state index contributed by atoms with van der Waals surface area (Å²) in [5.74, 6) is 0.155. The zero-order chi connectivity index (χ0) is 12.2. The topological polar surface area (TPSA) is 94.3 Å². The van der Waals surface area contributed by atoms with Gasteiger partial charge in [0.2, 0.25) is 0 Å². The third-order valence-corrected chi connectivity index (χ3v) is 3.53. The van der Waals surface area contributed by atoms with Gasteiger partial charge in [0.1, 0.15) is 5.25 Å². The number of rotatable bonds is 6. The molecule has 0 aliphatic carbocycles. The van der Waals surface area contributed by atoms with Gasteiger partial charge in [0.05, 0.1) is 6.61 Å². The predicted octanol–water partition coefficient (Wildman–Crippen LogP) is 0.234. The molecule has 8 heteroatoms. The predicted molar refractivity (Wildman–Crippen MR) is 57.9 cm³/mol. The summed E-state index contributed by atoms with van der Waals surface area (Å²) in [6.07, 6.45) is 1.13. The minimum absolute atomic E-state index is 0.155. The van der Waals surface area contributed by atoms with Gasteiger partial charge in [0.15, 0.2) is 15.7 Å². The highest BCUT2D eigenvalue weighted by molar-refractivity contribution is 7.90. The Bertz CT molecular complexity index is 428. The van der Waals surface area contributed by atoms with Crippen molar-refractivity contribution in [2.45, 2.75) is 12.2 Å². The number of ether oxygens (including phenoxy) is 1. The fourth-order valence-corrected chi connectivity index (χ4v) is 1.40. The van der Waals surface area contributed by atoms with Crippen molar-refractivity contribution in [2.75, 3.05) is 31.8 Å². The molecule has 1 unspecified atom stereocenters. The van der Waals surface area contributed by atoms with Crippen molar-refractivity contribution in [1.29, 1.82) is 0 Å². The van der Waals surface area contributed by atoms with Gasteiger partial charge in [-0.3, -0.25) is 0 Å². The molecule has 1 aromatic rings. The first-order valence-electron chi connectivity index (χ1n) is 4.70. The molecule has 1 rings (SSSR count). The van der Waals surface area contributed by atoms with Crippen molar-refractivity contribution in [2.24, 2.45) is 0 Å². The van der Waals surface area contributed by atoms with Gasteiger partial charge in [-0.05, 0) is 6.92 Å². The third-order valence-electron chi connectivity index (χ3n) is 2.03. The van der Waals surface area contributed by atoms with Crippen molar-refractivity contribution < 1.29 is 17.7 Å². The summed E-state index contributed by atoms with van der Waals surface area (Å²) in [4.78, 5) is 3.92. The number of methoxy groups -OCH3 is 1. The van der Waals surface area contributed by atoms with Crippen LogP contribution in [0.15, 0.2) is 4.52 Å². The number of anilines is 1. The molecule has 0 saturated carbocycles. The molecule has 1 aromatic heterocycles. The summed E-state index contributed by atoms with van der Waals surface area (Å²) in [6.45, 7) is 2.53. The van der Waals surface area contributed by atoms with Crippen LogP contribution in [0.4, 0.5) is 6.01 Å². The van der Waals surface area contributed by atoms with Crippen molar-refractivity contribution in [3.05, 3.63) is 5.82 Å². The van der Waals surface area contributed by atoms with Gasteiger partial charge in [-0.1, -0.05) is 5.16 Å². The highest BCUT2D eigenvalue weighted by Crippen LogP contribution is 2.18. The number of hydrogen-bond donors (Lipinski definition) is 1. The molecular weight excluding hydrogens is 234 g/mol. The monoisotopic (exact) mass is 249 g/mol. The van der Waals surface area contributed by atoms with Crippen LogP contribution in [0.2, 0.25) is 0 Å². The molecule has 1 heterocycles. The Labute approximate surface area is 94.1 Å². The van der Waals surface area contributed by atoms with E-state index >= 15 is 0 Å². The molecule has 0 fully saturated rings. The molecule has 0 radical (unpaired) electrons. The largest absolute Gasteiger partial charge is 0.383 e. The molecule has 1 N–H and O–H groups in total. The molecule has 16 heavy (non-hydrogen) atoms. The standard InChI is InChI=1S/C8H15N3O4S/c1-6(16(3,12)13)7-10-8(15-11-7)9-4-5-14-2/h6H,4-5H2,1-3H3,(H,9,10,11). The lowest BCUT2D eigenvalue weighted by molar-refractivity contribution is 0.210. The van der Waals surface area contributed by atoms with E-state index < -0.39 is 15.1 Å². The number of sulfone groups is 1. The fraction of sp³-hybridized carbons (Fsp3) is 0.750. The van der Waals surface area contributed by atoms with Gasteiger partial charge in [0.25, 0.3) is 0 Å². The Balaban J connectivity index is 2.64. The van der Waals surface area contributed by atoms with Crippen LogP contribution in [0.3, 0.4) is 0 Å². The molecular formula is C8H15N3O4S. The molecule has 92 valence electrons. The van der Waals surface area contributed by atoms with E-state index in [4.69, 9.17) is 9.26 Å². The lowest BCUT2D eigenvalue weighted by Gasteiger charge is -2.01. The maximum Gasteiger partial charge on any atom is 0.321 e. The first-order valence-corrected chi connectivity index (χ1v) is 6.66. The molecule has 0 aliphatic heterocycles. The maximum absolute atomic E-state index is 11.2. The van der Waals surface area contributed by atoms with E-state index in [1.807, 2.05) is 0 Å². The molecule has 0 bridgehead atoms. The first kappa shape index (κ1) is 12.9. The summed E-state index contributed by atoms with van der Waals surface area (Å²) >= 11 is 0. The second-order valence-corrected chi connectivity index (χ2v) is 5.72. The van der Waals surface area contributed by atoms with Crippen LogP contribution in [0.25, 0.3) is 0 Å². The van der Waals surface area contributed by atoms with Crippen LogP contribution in [0, 0.1) is 0 Å². The number of nitrogens with one attached hydrogen (secondary N) is 1. The van der Waals surface area contributed by atoms with Gasteiger partial charge in [-0.15, -0.1) is 0 Å². The maximum atomic E-state index is 11.2. The van der Waals surface area contributed by atoms with Gasteiger partial charge >= 0.3 is 6.01 Å². The molecule has 0 saturated heterocycles. The summed E-state index contributed by atoms with van der Waals surface area (Å²) in [7, 11) is -1.63. The Hall–Kier alpha value is -1.15. The van der Waals surface area contributed by atoms with E-state index in [2.05, 4.69) is 15.5 Å². The zero-order valence-corrected chi connectivity index (χ0v) is 10.2. The number of hydrogen-bond acceptors (Lipinski definition) is 7. The van der Waals surface area contributed by atoms with Crippen molar-refractivity contribution in [3.63, 3.8) is 0 Å². The normalized spacial score (nSPS) is 13.7. The van der Waals surface area contributed by atoms with E-state index in [0.29, 0.717) is 13.2 Å². The van der Waals surface area contributed by atoms with Crippen molar-refractivity contribution in [3.8, 4) is 0 Å². The molecule has 1 atom stereocenters. The molecule has 0 aromatic carbocycles. The van der Waals surface area contributed by atoms with Gasteiger partial charge in [-0.25, -0.2) is 8.42 Å². The first-order chi connectivity index (χ1) is 7.45. The van der Waals surface area contributed by atoms with Gasteiger partial charge < -0.3 is 14.6 Å². The van der Waals surface area contributed by atoms with E-state index in [9.17, 15) is 8.42 Å². The second kappa shape index (κ2) is 5.26. The average Bonchev–Trinajstić information content (AvgIpc) is 2.64. The van der Waals surface area contributed by atoms with Crippen molar-refractivity contribution in [1.82, 2.24) is 10.1 Å². The van der Waals surface area contributed by atoms with E-state index in [0.717, 1.165) is 6.26 Å². The lowest BCUT2D eigenvalue weighted by Crippen LogP contribution is -2.10. The Morgan fingerprint density at radius 2 is 2.25 bits per heavy atom. The minimum Gasteiger partial charge on any atom is -0.383 e. The quantitative estimate of drug-likeness (QED) is 0.721. The van der Waals surface area contributed by atoms with Gasteiger partial charge in [0, 0.05) is 19.9 Å². The Kier molecular flexibility index (Phi) is 4.25. The zero-order valence-electron chi connectivity index (χ0n) is 9.43. The summed E-state index contributed by atoms with van der Waals surface area (Å²) in [5, 5.41) is 5.64. The average molecular weight is 249 g/mol. The smallest absolute Gasteiger partial charge is 0.321 e.